The number of amides is 2. The van der Waals surface area contributed by atoms with Gasteiger partial charge < -0.3 is 10.2 Å². The van der Waals surface area contributed by atoms with Crippen LogP contribution < -0.4 is 5.32 Å². The molecule has 0 unspecified atom stereocenters. The van der Waals surface area contributed by atoms with E-state index in [1.165, 1.54) is 6.20 Å². The van der Waals surface area contributed by atoms with E-state index < -0.39 is 0 Å². The van der Waals surface area contributed by atoms with Gasteiger partial charge in [0.1, 0.15) is 0 Å². The molecule has 1 aromatic heterocycles. The molecule has 15 heavy (non-hydrogen) atoms. The van der Waals surface area contributed by atoms with Crippen molar-refractivity contribution in [1.82, 2.24) is 19.0 Å². The van der Waals surface area contributed by atoms with Crippen LogP contribution in [0.4, 0.5) is 0 Å². The summed E-state index contributed by atoms with van der Waals surface area (Å²) in [5.74, 6) is -0.165. The van der Waals surface area contributed by atoms with E-state index in [9.17, 15) is 9.59 Å². The standard InChI is InChI=1S/C8H10N4O2S/c13-7-1-3-12(4-2-9-7)8(14)6-5-10-15-11-6/h5H,1-4H2,(H,9,13). The molecular weight excluding hydrogens is 216 g/mol. The maximum atomic E-state index is 11.8. The lowest BCUT2D eigenvalue weighted by atomic mass is 10.3. The van der Waals surface area contributed by atoms with Gasteiger partial charge in [0.2, 0.25) is 5.91 Å². The van der Waals surface area contributed by atoms with E-state index in [1.54, 1.807) is 4.90 Å². The molecule has 0 aliphatic carbocycles. The molecule has 1 aliphatic heterocycles. The van der Waals surface area contributed by atoms with Crippen molar-refractivity contribution in [3.63, 3.8) is 0 Å². The molecule has 0 bridgehead atoms. The minimum atomic E-state index is -0.153. The molecule has 80 valence electrons. The van der Waals surface area contributed by atoms with Crippen LogP contribution >= 0.6 is 11.7 Å². The number of carbonyl (C=O) groups excluding carboxylic acids is 2. The van der Waals surface area contributed by atoms with Crippen LogP contribution in [-0.4, -0.2) is 45.1 Å². The van der Waals surface area contributed by atoms with E-state index in [0.717, 1.165) is 11.7 Å². The Morgan fingerprint density at radius 3 is 3.13 bits per heavy atom. The number of rotatable bonds is 1. The van der Waals surface area contributed by atoms with Gasteiger partial charge in [-0.2, -0.15) is 8.75 Å². The first-order valence-electron chi connectivity index (χ1n) is 4.61. The monoisotopic (exact) mass is 226 g/mol. The van der Waals surface area contributed by atoms with Crippen molar-refractivity contribution in [2.45, 2.75) is 6.42 Å². The molecule has 6 nitrogen and oxygen atoms in total. The van der Waals surface area contributed by atoms with Gasteiger partial charge in [-0.05, 0) is 0 Å². The van der Waals surface area contributed by atoms with Gasteiger partial charge in [-0.25, -0.2) is 0 Å². The summed E-state index contributed by atoms with van der Waals surface area (Å²) in [5.41, 5.74) is 0.356. The fourth-order valence-electron chi connectivity index (χ4n) is 1.39. The molecule has 1 aliphatic rings. The van der Waals surface area contributed by atoms with Crippen molar-refractivity contribution in [1.29, 1.82) is 0 Å². The smallest absolute Gasteiger partial charge is 0.275 e. The zero-order valence-corrected chi connectivity index (χ0v) is 8.79. The van der Waals surface area contributed by atoms with Crippen LogP contribution in [0.5, 0.6) is 0 Å². The maximum absolute atomic E-state index is 11.8. The van der Waals surface area contributed by atoms with E-state index in [-0.39, 0.29) is 11.8 Å². The highest BCUT2D eigenvalue weighted by molar-refractivity contribution is 6.99. The summed E-state index contributed by atoms with van der Waals surface area (Å²) in [4.78, 5) is 24.5. The highest BCUT2D eigenvalue weighted by Gasteiger charge is 2.21. The second kappa shape index (κ2) is 4.35. The topological polar surface area (TPSA) is 75.2 Å². The summed E-state index contributed by atoms with van der Waals surface area (Å²) >= 11 is 1.01. The van der Waals surface area contributed by atoms with E-state index in [1.807, 2.05) is 0 Å². The first-order chi connectivity index (χ1) is 7.27. The van der Waals surface area contributed by atoms with Gasteiger partial charge in [0.25, 0.3) is 5.91 Å². The molecule has 2 heterocycles. The lowest BCUT2D eigenvalue weighted by molar-refractivity contribution is -0.120. The minimum Gasteiger partial charge on any atom is -0.354 e. The quantitative estimate of drug-likeness (QED) is 0.700. The lowest BCUT2D eigenvalue weighted by Crippen LogP contribution is -2.34. The molecule has 0 atom stereocenters. The van der Waals surface area contributed by atoms with Crippen molar-refractivity contribution in [2.75, 3.05) is 19.6 Å². The minimum absolute atomic E-state index is 0.0123. The van der Waals surface area contributed by atoms with Crippen LogP contribution in [0.3, 0.4) is 0 Å². The van der Waals surface area contributed by atoms with Gasteiger partial charge in [-0.3, -0.25) is 9.59 Å². The first-order valence-corrected chi connectivity index (χ1v) is 5.34. The molecule has 1 saturated heterocycles. The van der Waals surface area contributed by atoms with Crippen LogP contribution in [0.25, 0.3) is 0 Å². The second-order valence-corrected chi connectivity index (χ2v) is 3.74. The molecule has 0 saturated carbocycles. The van der Waals surface area contributed by atoms with Crippen LogP contribution in [0.1, 0.15) is 16.9 Å². The van der Waals surface area contributed by atoms with Crippen molar-refractivity contribution >= 4 is 23.5 Å². The predicted molar refractivity (Wildman–Crippen MR) is 53.4 cm³/mol. The summed E-state index contributed by atoms with van der Waals surface area (Å²) in [5, 5.41) is 2.71. The average molecular weight is 226 g/mol. The Bertz CT molecular complexity index is 365. The van der Waals surface area contributed by atoms with E-state index in [0.29, 0.717) is 31.7 Å². The zero-order chi connectivity index (χ0) is 10.7. The molecule has 0 aromatic carbocycles. The van der Waals surface area contributed by atoms with Gasteiger partial charge in [0.05, 0.1) is 17.9 Å². The SMILES string of the molecule is O=C1CCN(C(=O)c2cnsn2)CCN1. The number of nitrogens with zero attached hydrogens (tertiary/aromatic N) is 3. The van der Waals surface area contributed by atoms with Crippen LogP contribution in [0.15, 0.2) is 6.20 Å². The summed E-state index contributed by atoms with van der Waals surface area (Å²) in [7, 11) is 0. The third-order valence-corrected chi connectivity index (χ3v) is 2.66. The Hall–Kier alpha value is -1.50. The number of hydrogen-bond donors (Lipinski definition) is 1. The molecule has 2 rings (SSSR count). The van der Waals surface area contributed by atoms with Crippen LogP contribution in [0, 0.1) is 0 Å². The molecule has 0 spiro atoms. The summed E-state index contributed by atoms with van der Waals surface area (Å²) in [6.07, 6.45) is 1.80. The number of hydrogen-bond acceptors (Lipinski definition) is 5. The molecule has 2 amide bonds. The predicted octanol–water partition coefficient (Wildman–Crippen LogP) is -0.500. The second-order valence-electron chi connectivity index (χ2n) is 3.18. The normalized spacial score (nSPS) is 17.1. The third kappa shape index (κ3) is 2.30. The van der Waals surface area contributed by atoms with Crippen LogP contribution in [-0.2, 0) is 4.79 Å². The Morgan fingerprint density at radius 1 is 1.53 bits per heavy atom. The Balaban J connectivity index is 2.04. The molecular formula is C8H10N4O2S. The van der Waals surface area contributed by atoms with E-state index in [2.05, 4.69) is 14.1 Å². The van der Waals surface area contributed by atoms with E-state index >= 15 is 0 Å². The van der Waals surface area contributed by atoms with Crippen molar-refractivity contribution in [2.24, 2.45) is 0 Å². The van der Waals surface area contributed by atoms with Crippen molar-refractivity contribution < 1.29 is 9.59 Å². The maximum Gasteiger partial charge on any atom is 0.275 e. The largest absolute Gasteiger partial charge is 0.354 e. The fourth-order valence-corrected chi connectivity index (χ4v) is 1.80. The highest BCUT2D eigenvalue weighted by atomic mass is 32.1. The Labute approximate surface area is 90.6 Å². The van der Waals surface area contributed by atoms with Crippen LogP contribution in [0.2, 0.25) is 0 Å². The van der Waals surface area contributed by atoms with Gasteiger partial charge in [-0.1, -0.05) is 0 Å². The molecule has 1 aromatic rings. The summed E-state index contributed by atoms with van der Waals surface area (Å²) < 4.78 is 7.65. The third-order valence-electron chi connectivity index (χ3n) is 2.18. The number of carbonyl (C=O) groups is 2. The summed E-state index contributed by atoms with van der Waals surface area (Å²) in [6, 6.07) is 0. The van der Waals surface area contributed by atoms with Crippen molar-refractivity contribution in [3.8, 4) is 0 Å². The molecule has 1 fully saturated rings. The zero-order valence-electron chi connectivity index (χ0n) is 7.97. The van der Waals surface area contributed by atoms with Gasteiger partial charge in [0.15, 0.2) is 5.69 Å². The first kappa shape index (κ1) is 10.0. The lowest BCUT2D eigenvalue weighted by Gasteiger charge is -2.17. The Kier molecular flexibility index (Phi) is 2.91. The van der Waals surface area contributed by atoms with E-state index in [4.69, 9.17) is 0 Å². The summed E-state index contributed by atoms with van der Waals surface area (Å²) in [6.45, 7) is 1.48. The number of nitrogens with one attached hydrogen (secondary N) is 1. The highest BCUT2D eigenvalue weighted by Crippen LogP contribution is 2.04. The molecule has 7 heteroatoms. The molecule has 1 N–H and O–H groups in total. The molecule has 0 radical (unpaired) electrons. The average Bonchev–Trinajstić information content (AvgIpc) is 2.67. The van der Waals surface area contributed by atoms with Gasteiger partial charge in [0, 0.05) is 26.1 Å². The number of aromatic nitrogens is 2. The fraction of sp³-hybridized carbons (Fsp3) is 0.500. The Morgan fingerprint density at radius 2 is 2.40 bits per heavy atom. The van der Waals surface area contributed by atoms with Gasteiger partial charge >= 0.3 is 0 Å². The van der Waals surface area contributed by atoms with Crippen molar-refractivity contribution in [3.05, 3.63) is 11.9 Å². The van der Waals surface area contributed by atoms with Gasteiger partial charge in [-0.15, -0.1) is 0 Å².